The van der Waals surface area contributed by atoms with Gasteiger partial charge in [-0.2, -0.15) is 10.4 Å². The van der Waals surface area contributed by atoms with Crippen molar-refractivity contribution in [2.45, 2.75) is 34.6 Å². The van der Waals surface area contributed by atoms with E-state index in [2.05, 4.69) is 21.1 Å². The normalized spacial score (nSPS) is 11.9. The zero-order chi connectivity index (χ0) is 17.3. The molecular weight excluding hydrogens is 289 g/mol. The van der Waals surface area contributed by atoms with E-state index in [9.17, 15) is 5.26 Å². The summed E-state index contributed by atoms with van der Waals surface area (Å²) >= 11 is 0. The molecule has 0 bridgehead atoms. The van der Waals surface area contributed by atoms with Crippen molar-refractivity contribution in [2.75, 3.05) is 0 Å². The molecule has 0 atom stereocenters. The second-order valence-electron chi connectivity index (χ2n) is 5.46. The van der Waals surface area contributed by atoms with E-state index >= 15 is 0 Å². The van der Waals surface area contributed by atoms with Crippen LogP contribution >= 0.6 is 0 Å². The van der Waals surface area contributed by atoms with E-state index in [1.54, 1.807) is 11.7 Å². The van der Waals surface area contributed by atoms with Gasteiger partial charge in [-0.3, -0.25) is 4.68 Å². The Hall–Kier alpha value is -2.62. The molecule has 0 spiro atoms. The van der Waals surface area contributed by atoms with E-state index < -0.39 is 0 Å². The van der Waals surface area contributed by atoms with Gasteiger partial charge in [0.05, 0.1) is 5.69 Å². The molecule has 0 saturated heterocycles. The summed E-state index contributed by atoms with van der Waals surface area (Å²) in [5, 5.41) is 14.0. The number of aromatic nitrogens is 4. The predicted octanol–water partition coefficient (Wildman–Crippen LogP) is 2.24. The van der Waals surface area contributed by atoms with E-state index in [-0.39, 0.29) is 11.3 Å². The van der Waals surface area contributed by atoms with Crippen LogP contribution < -0.4 is 0 Å². The van der Waals surface area contributed by atoms with Crippen LogP contribution in [0.5, 0.6) is 0 Å². The molecule has 2 rings (SSSR count). The van der Waals surface area contributed by atoms with Gasteiger partial charge in [0.25, 0.3) is 0 Å². The molecule has 23 heavy (non-hydrogen) atoms. The molecular formula is C16H18BN5O. The van der Waals surface area contributed by atoms with Crippen LogP contribution in [0.4, 0.5) is 0 Å². The molecule has 0 aliphatic carbocycles. The van der Waals surface area contributed by atoms with Crippen LogP contribution in [0.25, 0.3) is 11.3 Å². The fourth-order valence-corrected chi connectivity index (χ4v) is 2.40. The minimum absolute atomic E-state index is 0.185. The molecule has 2 aromatic rings. The Balaban J connectivity index is 2.79. The average molecular weight is 307 g/mol. The summed E-state index contributed by atoms with van der Waals surface area (Å²) in [5.41, 5.74) is 5.18. The molecule has 0 amide bonds. The largest absolute Gasteiger partial charge is 0.565 e. The lowest BCUT2D eigenvalue weighted by atomic mass is 10.1. The van der Waals surface area contributed by atoms with Gasteiger partial charge in [-0.05, 0) is 40.2 Å². The zero-order valence-electron chi connectivity index (χ0n) is 14.2. The third-order valence-corrected chi connectivity index (χ3v) is 4.05. The predicted molar refractivity (Wildman–Crippen MR) is 88.2 cm³/mol. The van der Waals surface area contributed by atoms with E-state index in [4.69, 9.17) is 12.7 Å². The van der Waals surface area contributed by atoms with Gasteiger partial charge in [-0.15, -0.1) is 0 Å². The number of rotatable bonds is 3. The number of nitrogens with zero attached hydrogens (tertiary/aromatic N) is 5. The summed E-state index contributed by atoms with van der Waals surface area (Å²) in [7, 11) is 7.24. The Labute approximate surface area is 137 Å². The third-order valence-electron chi connectivity index (χ3n) is 4.05. The lowest BCUT2D eigenvalue weighted by Gasteiger charge is -2.12. The molecule has 2 heterocycles. The number of allylic oxidation sites excluding steroid dienone is 1. The van der Waals surface area contributed by atoms with Gasteiger partial charge >= 0.3 is 8.05 Å². The Morgan fingerprint density at radius 3 is 2.00 bits per heavy atom. The smallest absolute Gasteiger partial charge is 0.374 e. The van der Waals surface area contributed by atoms with Crippen LogP contribution in [0, 0.1) is 45.9 Å². The van der Waals surface area contributed by atoms with Crippen LogP contribution in [0.15, 0.2) is 0 Å². The van der Waals surface area contributed by atoms with Gasteiger partial charge in [0.1, 0.15) is 23.1 Å². The highest BCUT2D eigenvalue weighted by Crippen LogP contribution is 2.28. The van der Waals surface area contributed by atoms with Crippen LogP contribution in [0.2, 0.25) is 0 Å². The molecule has 116 valence electrons. The highest BCUT2D eigenvalue weighted by Gasteiger charge is 2.21. The van der Waals surface area contributed by atoms with E-state index in [1.807, 2.05) is 34.6 Å². The SMILES string of the molecule is [B]OC(=C(C#N)c1nc(C)c(C)c(C)n1)c1c(C)c(C)nn1C. The molecule has 0 aliphatic heterocycles. The standard InChI is InChI=1S/C16H18BN5O/c1-8-10(3)19-16(20-11(8)4)13(7-18)15(23-17)14-9(2)12(5)21-22(14)6/h1-6H3. The fraction of sp³-hybridized carbons (Fsp3) is 0.375. The van der Waals surface area contributed by atoms with Gasteiger partial charge in [-0.25, -0.2) is 9.97 Å². The van der Waals surface area contributed by atoms with Gasteiger partial charge in [0, 0.05) is 24.0 Å². The first-order valence-corrected chi connectivity index (χ1v) is 7.15. The maximum absolute atomic E-state index is 9.63. The molecule has 0 fully saturated rings. The zero-order valence-corrected chi connectivity index (χ0v) is 14.2. The van der Waals surface area contributed by atoms with Gasteiger partial charge < -0.3 is 4.65 Å². The molecule has 0 saturated carbocycles. The van der Waals surface area contributed by atoms with Crippen molar-refractivity contribution < 1.29 is 4.65 Å². The first kappa shape index (κ1) is 16.8. The fourth-order valence-electron chi connectivity index (χ4n) is 2.40. The van der Waals surface area contributed by atoms with Crippen LogP contribution in [-0.4, -0.2) is 27.8 Å². The molecule has 2 aromatic heterocycles. The summed E-state index contributed by atoms with van der Waals surface area (Å²) < 4.78 is 6.68. The maximum Gasteiger partial charge on any atom is 0.374 e. The quantitative estimate of drug-likeness (QED) is 0.494. The topological polar surface area (TPSA) is 76.6 Å². The Morgan fingerprint density at radius 2 is 1.61 bits per heavy atom. The van der Waals surface area contributed by atoms with Gasteiger partial charge in [-0.1, -0.05) is 0 Å². The lowest BCUT2D eigenvalue weighted by Crippen LogP contribution is -2.07. The van der Waals surface area contributed by atoms with Crippen molar-refractivity contribution in [3.63, 3.8) is 0 Å². The van der Waals surface area contributed by atoms with Crippen molar-refractivity contribution in [3.8, 4) is 6.07 Å². The Morgan fingerprint density at radius 1 is 1.04 bits per heavy atom. The molecule has 0 aliphatic rings. The molecule has 7 heteroatoms. The van der Waals surface area contributed by atoms with Gasteiger partial charge in [0.15, 0.2) is 5.82 Å². The van der Waals surface area contributed by atoms with Crippen molar-refractivity contribution in [1.29, 1.82) is 5.26 Å². The molecule has 0 N–H and O–H groups in total. The number of aryl methyl sites for hydroxylation is 4. The Bertz CT molecular complexity index is 822. The summed E-state index contributed by atoms with van der Waals surface area (Å²) in [6.07, 6.45) is 0. The second-order valence-corrected chi connectivity index (χ2v) is 5.46. The van der Waals surface area contributed by atoms with Crippen LogP contribution in [0.1, 0.15) is 39.7 Å². The molecule has 2 radical (unpaired) electrons. The third kappa shape index (κ3) is 2.84. The van der Waals surface area contributed by atoms with Crippen molar-refractivity contribution in [1.82, 2.24) is 19.7 Å². The number of hydrogen-bond acceptors (Lipinski definition) is 5. The highest BCUT2D eigenvalue weighted by molar-refractivity contribution is 6.06. The van der Waals surface area contributed by atoms with E-state index in [1.165, 1.54) is 0 Å². The minimum Gasteiger partial charge on any atom is -0.565 e. The summed E-state index contributed by atoms with van der Waals surface area (Å²) in [6.45, 7) is 9.49. The Kier molecular flexibility index (Phi) is 4.55. The van der Waals surface area contributed by atoms with E-state index in [0.29, 0.717) is 11.5 Å². The van der Waals surface area contributed by atoms with Crippen molar-refractivity contribution in [3.05, 3.63) is 39.7 Å². The lowest BCUT2D eigenvalue weighted by molar-refractivity contribution is 0.558. The maximum atomic E-state index is 9.63. The van der Waals surface area contributed by atoms with Crippen molar-refractivity contribution in [2.24, 2.45) is 7.05 Å². The highest BCUT2D eigenvalue weighted by atomic mass is 16.4. The summed E-state index contributed by atoms with van der Waals surface area (Å²) in [5.74, 6) is 0.516. The van der Waals surface area contributed by atoms with Crippen molar-refractivity contribution >= 4 is 19.4 Å². The molecule has 6 nitrogen and oxygen atoms in total. The number of nitriles is 1. The summed E-state index contributed by atoms with van der Waals surface area (Å²) in [4.78, 5) is 8.82. The van der Waals surface area contributed by atoms with Crippen LogP contribution in [0.3, 0.4) is 0 Å². The van der Waals surface area contributed by atoms with Crippen LogP contribution in [-0.2, 0) is 11.7 Å². The molecule has 0 aromatic carbocycles. The minimum atomic E-state index is 0.185. The first-order valence-electron chi connectivity index (χ1n) is 7.15. The van der Waals surface area contributed by atoms with E-state index in [0.717, 1.165) is 28.2 Å². The monoisotopic (exact) mass is 307 g/mol. The van der Waals surface area contributed by atoms with Gasteiger partial charge in [0.2, 0.25) is 0 Å². The summed E-state index contributed by atoms with van der Waals surface area (Å²) in [6, 6.07) is 2.11. The second kappa shape index (κ2) is 6.25. The molecule has 0 unspecified atom stereocenters. The first-order chi connectivity index (χ1) is 10.8. The average Bonchev–Trinajstić information content (AvgIpc) is 2.75. The number of hydrogen-bond donors (Lipinski definition) is 0.